The van der Waals surface area contributed by atoms with Gasteiger partial charge >= 0.3 is 11.9 Å². The van der Waals surface area contributed by atoms with Crippen LogP contribution in [0, 0.1) is 5.92 Å². The molecule has 138 valence electrons. The Hall–Kier alpha value is -1.14. The first-order chi connectivity index (χ1) is 9.93. The van der Waals surface area contributed by atoms with E-state index < -0.39 is 0 Å². The van der Waals surface area contributed by atoms with Crippen molar-refractivity contribution in [2.24, 2.45) is 5.92 Å². The van der Waals surface area contributed by atoms with E-state index in [2.05, 4.69) is 0 Å². The largest absolute Gasteiger partial charge is 0.462 e. The van der Waals surface area contributed by atoms with Crippen molar-refractivity contribution in [2.45, 2.75) is 27.2 Å². The van der Waals surface area contributed by atoms with Gasteiger partial charge in [-0.15, -0.1) is 0 Å². The Labute approximate surface area is 142 Å². The topological polar surface area (TPSA) is 52.6 Å². The highest BCUT2D eigenvalue weighted by atomic mass is 16.5. The Morgan fingerprint density at radius 3 is 1.70 bits per heavy atom. The van der Waals surface area contributed by atoms with E-state index in [1.165, 1.54) is 0 Å². The van der Waals surface area contributed by atoms with Crippen LogP contribution in [0.15, 0.2) is 0 Å². The molecule has 0 spiro atoms. The number of likely N-dealkylation sites (N-methyl/N-ethyl adjacent to an activating group) is 2. The van der Waals surface area contributed by atoms with Crippen LogP contribution in [0.5, 0.6) is 0 Å². The Morgan fingerprint density at radius 2 is 1.30 bits per heavy atom. The average Bonchev–Trinajstić information content (AvgIpc) is 2.28. The molecule has 0 amide bonds. The third-order valence-electron chi connectivity index (χ3n) is 3.05. The van der Waals surface area contributed by atoms with Gasteiger partial charge < -0.3 is 18.4 Å². The molecule has 6 nitrogen and oxygen atoms in total. The van der Waals surface area contributed by atoms with Gasteiger partial charge in [0.25, 0.3) is 0 Å². The number of esters is 2. The molecule has 1 unspecified atom stereocenters. The van der Waals surface area contributed by atoms with E-state index in [1.807, 2.05) is 49.2 Å². The average molecular weight is 335 g/mol. The summed E-state index contributed by atoms with van der Waals surface area (Å²) in [6.45, 7) is 3.53. The zero-order valence-corrected chi connectivity index (χ0v) is 15.3. The maximum Gasteiger partial charge on any atom is 0.361 e. The quantitative estimate of drug-likeness (QED) is 0.449. The lowest BCUT2D eigenvalue weighted by atomic mass is 10.0. The van der Waals surface area contributed by atoms with Crippen LogP contribution in [-0.2, 0) is 19.1 Å². The lowest BCUT2D eigenvalue weighted by Gasteiger charge is -2.23. The molecule has 0 radical (unpaired) electrons. The van der Waals surface area contributed by atoms with Crippen molar-refractivity contribution in [3.63, 3.8) is 0 Å². The van der Waals surface area contributed by atoms with Crippen LogP contribution in [0.25, 0.3) is 0 Å². The van der Waals surface area contributed by atoms with E-state index in [1.54, 1.807) is 0 Å². The van der Waals surface area contributed by atoms with Crippen LogP contribution in [-0.4, -0.2) is 89.5 Å². The van der Waals surface area contributed by atoms with E-state index >= 15 is 0 Å². The molecule has 0 fully saturated rings. The second-order valence-corrected chi connectivity index (χ2v) is 7.86. The number of ether oxygens (including phenoxy) is 2. The van der Waals surface area contributed by atoms with E-state index in [0.29, 0.717) is 35.3 Å². The lowest BCUT2D eigenvalue weighted by Crippen LogP contribution is -2.40. The molecule has 0 aliphatic carbocycles. The molecular formula is C17H38N2O4+2. The highest BCUT2D eigenvalue weighted by Gasteiger charge is 2.19. The smallest absolute Gasteiger partial charge is 0.361 e. The number of carbonyl (C=O) groups excluding carboxylic acids is 2. The zero-order chi connectivity index (χ0) is 17.4. The summed E-state index contributed by atoms with van der Waals surface area (Å²) in [6, 6.07) is 0. The summed E-state index contributed by atoms with van der Waals surface area (Å²) in [5, 5.41) is 0. The molecule has 0 N–H and O–H groups in total. The predicted octanol–water partition coefficient (Wildman–Crippen LogP) is 1.54. The minimum absolute atomic E-state index is 0. The van der Waals surface area contributed by atoms with Gasteiger partial charge in [0.1, 0.15) is 0 Å². The van der Waals surface area contributed by atoms with Gasteiger partial charge in [-0.25, -0.2) is 9.59 Å². The van der Waals surface area contributed by atoms with Crippen molar-refractivity contribution in [1.82, 2.24) is 0 Å². The standard InChI is InChI=1S/C16H34N2O4.CH4/c1-8-14(13-22-16(20)12-18(5,6)7)9-10-21-15(19)11-17(2,3)4;/h14H,8-13H2,1-7H3;1H4/q+2;. The minimum Gasteiger partial charge on any atom is -0.462 e. The molecule has 1 atom stereocenters. The van der Waals surface area contributed by atoms with Gasteiger partial charge in [0.05, 0.1) is 55.5 Å². The summed E-state index contributed by atoms with van der Waals surface area (Å²) < 4.78 is 11.7. The van der Waals surface area contributed by atoms with Gasteiger partial charge in [-0.1, -0.05) is 14.4 Å². The number of hydrogen-bond acceptors (Lipinski definition) is 4. The Balaban J connectivity index is 0. The van der Waals surface area contributed by atoms with E-state index in [-0.39, 0.29) is 25.3 Å². The highest BCUT2D eigenvalue weighted by molar-refractivity contribution is 5.70. The number of rotatable bonds is 10. The van der Waals surface area contributed by atoms with Crippen molar-refractivity contribution < 1.29 is 28.0 Å². The summed E-state index contributed by atoms with van der Waals surface area (Å²) in [5.74, 6) is -0.147. The van der Waals surface area contributed by atoms with Crippen LogP contribution in [0.4, 0.5) is 0 Å². The Morgan fingerprint density at radius 1 is 0.870 bits per heavy atom. The summed E-state index contributed by atoms with van der Waals surface area (Å²) in [6.07, 6.45) is 1.61. The fourth-order valence-corrected chi connectivity index (χ4v) is 1.82. The molecule has 0 saturated carbocycles. The van der Waals surface area contributed by atoms with E-state index in [4.69, 9.17) is 9.47 Å². The Bertz CT molecular complexity index is 357. The summed E-state index contributed by atoms with van der Waals surface area (Å²) in [4.78, 5) is 23.3. The molecule has 0 aromatic heterocycles. The van der Waals surface area contributed by atoms with E-state index in [9.17, 15) is 9.59 Å². The Kier molecular flexibility index (Phi) is 11.1. The van der Waals surface area contributed by atoms with Crippen LogP contribution >= 0.6 is 0 Å². The van der Waals surface area contributed by atoms with Crippen molar-refractivity contribution in [2.75, 3.05) is 68.6 Å². The third-order valence-corrected chi connectivity index (χ3v) is 3.05. The molecule has 0 aliphatic rings. The molecule has 0 heterocycles. The molecule has 0 aliphatic heterocycles. The van der Waals surface area contributed by atoms with Crippen LogP contribution in [0.2, 0.25) is 0 Å². The van der Waals surface area contributed by atoms with Gasteiger partial charge in [0.2, 0.25) is 0 Å². The summed E-state index contributed by atoms with van der Waals surface area (Å²) >= 11 is 0. The molecular weight excluding hydrogens is 296 g/mol. The number of hydrogen-bond donors (Lipinski definition) is 0. The van der Waals surface area contributed by atoms with E-state index in [0.717, 1.165) is 12.8 Å². The summed E-state index contributed by atoms with van der Waals surface area (Å²) in [7, 11) is 11.7. The first kappa shape index (κ1) is 24.1. The number of nitrogens with zero attached hydrogens (tertiary/aromatic N) is 2. The second-order valence-electron chi connectivity index (χ2n) is 7.86. The van der Waals surface area contributed by atoms with Crippen molar-refractivity contribution in [3.05, 3.63) is 0 Å². The first-order valence-electron chi connectivity index (χ1n) is 7.85. The number of quaternary nitrogens is 2. The van der Waals surface area contributed by atoms with Crippen LogP contribution < -0.4 is 0 Å². The maximum atomic E-state index is 11.7. The monoisotopic (exact) mass is 334 g/mol. The van der Waals surface area contributed by atoms with Gasteiger partial charge in [0.15, 0.2) is 13.1 Å². The lowest BCUT2D eigenvalue weighted by molar-refractivity contribution is -0.862. The van der Waals surface area contributed by atoms with Gasteiger partial charge in [-0.3, -0.25) is 0 Å². The van der Waals surface area contributed by atoms with Crippen LogP contribution in [0.3, 0.4) is 0 Å². The number of carbonyl (C=O) groups is 2. The van der Waals surface area contributed by atoms with Gasteiger partial charge in [-0.05, 0) is 18.8 Å². The van der Waals surface area contributed by atoms with Gasteiger partial charge in [0, 0.05) is 0 Å². The zero-order valence-electron chi connectivity index (χ0n) is 15.3. The molecule has 0 rings (SSSR count). The van der Waals surface area contributed by atoms with Crippen molar-refractivity contribution >= 4 is 11.9 Å². The normalized spacial score (nSPS) is 13.0. The maximum absolute atomic E-state index is 11.7. The highest BCUT2D eigenvalue weighted by Crippen LogP contribution is 2.10. The van der Waals surface area contributed by atoms with Crippen molar-refractivity contribution in [3.8, 4) is 0 Å². The molecule has 0 aromatic carbocycles. The third kappa shape index (κ3) is 15.5. The fraction of sp³-hybridized carbons (Fsp3) is 0.882. The van der Waals surface area contributed by atoms with Gasteiger partial charge in [-0.2, -0.15) is 0 Å². The molecule has 0 bridgehead atoms. The molecule has 6 heteroatoms. The minimum atomic E-state index is -0.190. The molecule has 0 saturated heterocycles. The molecule has 23 heavy (non-hydrogen) atoms. The van der Waals surface area contributed by atoms with Crippen LogP contribution in [0.1, 0.15) is 27.2 Å². The second kappa shape index (κ2) is 10.6. The molecule has 0 aromatic rings. The summed E-state index contributed by atoms with van der Waals surface area (Å²) in [5.41, 5.74) is 0. The SMILES string of the molecule is C.CCC(CCOC(=O)C[N+](C)(C)C)COC(=O)C[N+](C)(C)C. The predicted molar refractivity (Wildman–Crippen MR) is 92.8 cm³/mol. The fourth-order valence-electron chi connectivity index (χ4n) is 1.82. The van der Waals surface area contributed by atoms with Crippen molar-refractivity contribution in [1.29, 1.82) is 0 Å². The first-order valence-corrected chi connectivity index (χ1v) is 7.85.